The van der Waals surface area contributed by atoms with Gasteiger partial charge < -0.3 is 4.90 Å². The van der Waals surface area contributed by atoms with Gasteiger partial charge in [0.05, 0.1) is 5.01 Å². The van der Waals surface area contributed by atoms with Crippen LogP contribution in [0.3, 0.4) is 0 Å². The normalized spacial score (nSPS) is 35.4. The quantitative estimate of drug-likeness (QED) is 0.794. The van der Waals surface area contributed by atoms with E-state index >= 15 is 0 Å². The molecule has 0 radical (unpaired) electrons. The van der Waals surface area contributed by atoms with Crippen LogP contribution in [0.5, 0.6) is 0 Å². The van der Waals surface area contributed by atoms with E-state index in [1.54, 1.807) is 11.3 Å². The van der Waals surface area contributed by atoms with E-state index in [2.05, 4.69) is 9.88 Å². The molecule has 20 heavy (non-hydrogen) atoms. The molecule has 4 aliphatic rings. The first-order valence-electron chi connectivity index (χ1n) is 7.85. The second-order valence-electron chi connectivity index (χ2n) is 7.03. The van der Waals surface area contributed by atoms with Crippen molar-refractivity contribution in [3.8, 4) is 0 Å². The Bertz CT molecular complexity index is 539. The predicted molar refractivity (Wildman–Crippen MR) is 80.0 cm³/mol. The molecule has 2 unspecified atom stereocenters. The fourth-order valence-electron chi connectivity index (χ4n) is 4.90. The van der Waals surface area contributed by atoms with Crippen LogP contribution in [0.1, 0.15) is 52.5 Å². The monoisotopic (exact) mass is 290 g/mol. The summed E-state index contributed by atoms with van der Waals surface area (Å²) in [6, 6.07) is 0.486. The average molecular weight is 290 g/mol. The van der Waals surface area contributed by atoms with Gasteiger partial charge in [-0.2, -0.15) is 0 Å². The van der Waals surface area contributed by atoms with Gasteiger partial charge in [0.1, 0.15) is 5.69 Å². The van der Waals surface area contributed by atoms with Crippen LogP contribution >= 0.6 is 11.3 Å². The summed E-state index contributed by atoms with van der Waals surface area (Å²) in [5.41, 5.74) is 0.716. The van der Waals surface area contributed by atoms with Crippen LogP contribution in [-0.4, -0.2) is 28.4 Å². The highest BCUT2D eigenvalue weighted by atomic mass is 32.1. The number of amides is 1. The topological polar surface area (TPSA) is 33.2 Å². The summed E-state index contributed by atoms with van der Waals surface area (Å²) in [6.45, 7) is 5.00. The number of rotatable bonds is 1. The molecule has 4 fully saturated rings. The molecule has 0 spiro atoms. The summed E-state index contributed by atoms with van der Waals surface area (Å²) in [7, 11) is 0. The molecular weight excluding hydrogens is 268 g/mol. The van der Waals surface area contributed by atoms with Crippen LogP contribution in [0.2, 0.25) is 0 Å². The predicted octanol–water partition coefficient (Wildman–Crippen LogP) is 3.41. The first kappa shape index (κ1) is 12.8. The molecule has 3 nitrogen and oxygen atoms in total. The minimum atomic E-state index is 0.199. The molecule has 1 aromatic heterocycles. The Morgan fingerprint density at radius 1 is 1.10 bits per heavy atom. The van der Waals surface area contributed by atoms with Crippen molar-refractivity contribution in [1.82, 2.24) is 9.88 Å². The Morgan fingerprint density at radius 3 is 2.35 bits per heavy atom. The molecule has 2 aliphatic carbocycles. The van der Waals surface area contributed by atoms with Gasteiger partial charge in [-0.05, 0) is 63.7 Å². The zero-order chi connectivity index (χ0) is 13.9. The van der Waals surface area contributed by atoms with Gasteiger partial charge in [-0.25, -0.2) is 4.98 Å². The first-order valence-corrected chi connectivity index (χ1v) is 8.66. The molecule has 3 heterocycles. The van der Waals surface area contributed by atoms with E-state index in [9.17, 15) is 4.79 Å². The second-order valence-corrected chi connectivity index (χ2v) is 8.43. The minimum absolute atomic E-state index is 0.199. The fourth-order valence-corrected chi connectivity index (χ4v) is 5.71. The summed E-state index contributed by atoms with van der Waals surface area (Å²) >= 11 is 1.64. The molecular formula is C16H22N2OS. The van der Waals surface area contributed by atoms with Crippen molar-refractivity contribution >= 4 is 17.2 Å². The lowest BCUT2D eigenvalue weighted by molar-refractivity contribution is 0.0626. The van der Waals surface area contributed by atoms with Gasteiger partial charge in [-0.3, -0.25) is 4.79 Å². The molecule has 4 atom stereocenters. The molecule has 108 valence electrons. The molecule has 1 amide bonds. The number of thiazole rings is 1. The Labute approximate surface area is 124 Å². The van der Waals surface area contributed by atoms with Gasteiger partial charge in [-0.15, -0.1) is 11.3 Å². The highest BCUT2D eigenvalue weighted by Crippen LogP contribution is 2.47. The molecule has 0 N–H and O–H groups in total. The van der Waals surface area contributed by atoms with E-state index in [1.165, 1.54) is 32.1 Å². The fraction of sp³-hybridized carbons (Fsp3) is 0.750. The third kappa shape index (κ3) is 2.00. The smallest absolute Gasteiger partial charge is 0.273 e. The molecule has 1 aromatic rings. The standard InChI is InChI=1S/C16H22N2OS/c1-9-15(17-10(2)20-9)16(19)18-8-13-4-11-3-12(5-13)7-14(18)6-11/h11-14H,3-8H2,1-2H3/t11-,12+,13?,14?. The van der Waals surface area contributed by atoms with Crippen molar-refractivity contribution in [1.29, 1.82) is 0 Å². The van der Waals surface area contributed by atoms with Crippen molar-refractivity contribution < 1.29 is 4.79 Å². The Kier molecular flexibility index (Phi) is 2.92. The highest BCUT2D eigenvalue weighted by molar-refractivity contribution is 7.11. The van der Waals surface area contributed by atoms with Gasteiger partial charge in [0, 0.05) is 17.5 Å². The average Bonchev–Trinajstić information content (AvgIpc) is 2.60. The number of aryl methyl sites for hydroxylation is 2. The van der Waals surface area contributed by atoms with Crippen molar-refractivity contribution in [3.63, 3.8) is 0 Å². The Hall–Kier alpha value is -0.900. The van der Waals surface area contributed by atoms with E-state index in [1.807, 2.05) is 13.8 Å². The van der Waals surface area contributed by atoms with Gasteiger partial charge in [-0.1, -0.05) is 0 Å². The maximum absolute atomic E-state index is 12.9. The number of nitrogens with zero attached hydrogens (tertiary/aromatic N) is 2. The molecule has 5 rings (SSSR count). The number of carbonyl (C=O) groups is 1. The van der Waals surface area contributed by atoms with E-state index in [0.29, 0.717) is 11.7 Å². The molecule has 2 aliphatic heterocycles. The molecule has 2 saturated heterocycles. The van der Waals surface area contributed by atoms with Gasteiger partial charge >= 0.3 is 0 Å². The van der Waals surface area contributed by atoms with Crippen LogP contribution in [0.25, 0.3) is 0 Å². The molecule has 0 aromatic carbocycles. The van der Waals surface area contributed by atoms with Crippen molar-refractivity contribution in [2.24, 2.45) is 17.8 Å². The lowest BCUT2D eigenvalue weighted by atomic mass is 9.68. The summed E-state index contributed by atoms with van der Waals surface area (Å²) in [5, 5.41) is 1.01. The van der Waals surface area contributed by atoms with E-state index in [0.717, 1.165) is 34.2 Å². The van der Waals surface area contributed by atoms with Crippen LogP contribution in [-0.2, 0) is 0 Å². The third-order valence-electron chi connectivity index (χ3n) is 5.47. The zero-order valence-electron chi connectivity index (χ0n) is 12.3. The lowest BCUT2D eigenvalue weighted by Crippen LogP contribution is -2.42. The van der Waals surface area contributed by atoms with Crippen LogP contribution in [0.4, 0.5) is 0 Å². The Balaban J connectivity index is 1.65. The van der Waals surface area contributed by atoms with Crippen molar-refractivity contribution in [2.45, 2.75) is 52.0 Å². The molecule has 4 heteroatoms. The maximum atomic E-state index is 12.9. The summed E-state index contributed by atoms with van der Waals surface area (Å²) in [5.74, 6) is 2.71. The summed E-state index contributed by atoms with van der Waals surface area (Å²) in [6.07, 6.45) is 6.60. The number of hydrogen-bond acceptors (Lipinski definition) is 3. The van der Waals surface area contributed by atoms with E-state index in [-0.39, 0.29) is 5.91 Å². The number of hydrogen-bond donors (Lipinski definition) is 0. The molecule has 2 saturated carbocycles. The van der Waals surface area contributed by atoms with E-state index < -0.39 is 0 Å². The number of fused-ring (bicyclic) bond motifs is 1. The van der Waals surface area contributed by atoms with Gasteiger partial charge in [0.25, 0.3) is 5.91 Å². The minimum Gasteiger partial charge on any atom is -0.334 e. The largest absolute Gasteiger partial charge is 0.334 e. The van der Waals surface area contributed by atoms with Crippen LogP contribution in [0, 0.1) is 31.6 Å². The van der Waals surface area contributed by atoms with Gasteiger partial charge in [0.2, 0.25) is 0 Å². The maximum Gasteiger partial charge on any atom is 0.273 e. The summed E-state index contributed by atoms with van der Waals surface area (Å²) in [4.78, 5) is 20.7. The van der Waals surface area contributed by atoms with Crippen LogP contribution in [0.15, 0.2) is 0 Å². The third-order valence-corrected chi connectivity index (χ3v) is 6.36. The first-order chi connectivity index (χ1) is 9.60. The highest BCUT2D eigenvalue weighted by Gasteiger charge is 2.44. The second kappa shape index (κ2) is 4.55. The SMILES string of the molecule is Cc1nc(C(=O)N2CC3C[C@@H]4CC2C[C@H](C3)C4)c(C)s1. The van der Waals surface area contributed by atoms with Crippen molar-refractivity contribution in [2.75, 3.05) is 6.54 Å². The van der Waals surface area contributed by atoms with Crippen molar-refractivity contribution in [3.05, 3.63) is 15.6 Å². The summed E-state index contributed by atoms with van der Waals surface area (Å²) < 4.78 is 0. The number of aromatic nitrogens is 1. The van der Waals surface area contributed by atoms with E-state index in [4.69, 9.17) is 0 Å². The number of carbonyl (C=O) groups excluding carboxylic acids is 1. The zero-order valence-corrected chi connectivity index (χ0v) is 13.1. The molecule has 4 bridgehead atoms. The lowest BCUT2D eigenvalue weighted by Gasteiger charge is -2.38. The van der Waals surface area contributed by atoms with Crippen LogP contribution < -0.4 is 0 Å². The van der Waals surface area contributed by atoms with Gasteiger partial charge in [0.15, 0.2) is 0 Å². The Morgan fingerprint density at radius 2 is 1.75 bits per heavy atom.